The number of rotatable bonds is 4. The van der Waals surface area contributed by atoms with Gasteiger partial charge in [-0.15, -0.1) is 0 Å². The number of alkyl halides is 1. The lowest BCUT2D eigenvalue weighted by atomic mass is 10.00. The van der Waals surface area contributed by atoms with E-state index in [1.807, 2.05) is 13.0 Å². The fourth-order valence-corrected chi connectivity index (χ4v) is 3.82. The Hall–Kier alpha value is -3.06. The summed E-state index contributed by atoms with van der Waals surface area (Å²) in [6.07, 6.45) is -1.98. The van der Waals surface area contributed by atoms with E-state index in [-0.39, 0.29) is 23.7 Å². The van der Waals surface area contributed by atoms with Crippen molar-refractivity contribution in [3.8, 4) is 0 Å². The minimum Gasteiger partial charge on any atom is -0.351 e. The number of halogens is 1. The second kappa shape index (κ2) is 7.75. The van der Waals surface area contributed by atoms with Gasteiger partial charge in [-0.3, -0.25) is 9.36 Å². The van der Waals surface area contributed by atoms with Gasteiger partial charge >= 0.3 is 5.69 Å². The summed E-state index contributed by atoms with van der Waals surface area (Å²) in [4.78, 5) is 29.5. The van der Waals surface area contributed by atoms with Gasteiger partial charge in [-0.2, -0.15) is 4.98 Å². The number of carbonyl (C=O) groups excluding carboxylic acids is 1. The third kappa shape index (κ3) is 3.42. The van der Waals surface area contributed by atoms with Gasteiger partial charge in [-0.1, -0.05) is 44.2 Å². The first-order chi connectivity index (χ1) is 14.0. The molecule has 0 radical (unpaired) electrons. The van der Waals surface area contributed by atoms with E-state index >= 15 is 0 Å². The monoisotopic (exact) mass is 395 g/mol. The van der Waals surface area contributed by atoms with Crippen LogP contribution in [-0.2, 0) is 4.74 Å². The van der Waals surface area contributed by atoms with E-state index in [1.165, 1.54) is 4.57 Å². The molecule has 0 saturated carbocycles. The first-order valence-electron chi connectivity index (χ1n) is 9.68. The summed E-state index contributed by atoms with van der Waals surface area (Å²) in [6.45, 7) is 3.71. The first kappa shape index (κ1) is 19.3. The molecule has 0 unspecified atom stereocenters. The van der Waals surface area contributed by atoms with Gasteiger partial charge in [-0.25, -0.2) is 9.18 Å². The molecule has 2 aromatic carbocycles. The summed E-state index contributed by atoms with van der Waals surface area (Å²) in [5.41, 5.74) is 0.251. The Bertz CT molecular complexity index is 1100. The van der Waals surface area contributed by atoms with Gasteiger partial charge in [0.1, 0.15) is 5.82 Å². The molecule has 1 aliphatic heterocycles. The lowest BCUT2D eigenvalue weighted by Crippen LogP contribution is -2.33. The van der Waals surface area contributed by atoms with Crippen molar-refractivity contribution in [1.29, 1.82) is 0 Å². The quantitative estimate of drug-likeness (QED) is 0.726. The van der Waals surface area contributed by atoms with Gasteiger partial charge < -0.3 is 10.1 Å². The van der Waals surface area contributed by atoms with E-state index in [4.69, 9.17) is 4.74 Å². The molecule has 4 atom stereocenters. The maximum atomic E-state index is 15.0. The predicted molar refractivity (Wildman–Crippen MR) is 109 cm³/mol. The Kier molecular flexibility index (Phi) is 5.15. The number of nitrogens with one attached hydrogen (secondary N) is 1. The van der Waals surface area contributed by atoms with Crippen LogP contribution in [0.15, 0.2) is 59.4 Å². The summed E-state index contributed by atoms with van der Waals surface area (Å²) >= 11 is 0. The molecule has 29 heavy (non-hydrogen) atoms. The summed E-state index contributed by atoms with van der Waals surface area (Å²) in [5.74, 6) is -0.558. The van der Waals surface area contributed by atoms with Crippen molar-refractivity contribution in [3.63, 3.8) is 0 Å². The number of aromatic nitrogens is 2. The van der Waals surface area contributed by atoms with Crippen molar-refractivity contribution < 1.29 is 13.9 Å². The molecule has 1 saturated heterocycles. The fourth-order valence-electron chi connectivity index (χ4n) is 3.82. The van der Waals surface area contributed by atoms with Crippen molar-refractivity contribution in [2.45, 2.75) is 38.8 Å². The van der Waals surface area contributed by atoms with Crippen LogP contribution < -0.4 is 11.0 Å². The maximum absolute atomic E-state index is 15.0. The first-order valence-corrected chi connectivity index (χ1v) is 9.68. The Labute approximate surface area is 167 Å². The Morgan fingerprint density at radius 1 is 1.17 bits per heavy atom. The number of hydrogen-bond donors (Lipinski definition) is 1. The molecule has 7 heteroatoms. The number of nitrogens with zero attached hydrogens (tertiary/aromatic N) is 2. The zero-order chi connectivity index (χ0) is 20.5. The van der Waals surface area contributed by atoms with Crippen LogP contribution in [-0.4, -0.2) is 27.7 Å². The van der Waals surface area contributed by atoms with Gasteiger partial charge in [0.15, 0.2) is 12.4 Å². The van der Waals surface area contributed by atoms with Crippen LogP contribution in [0.25, 0.3) is 10.9 Å². The third-order valence-corrected chi connectivity index (χ3v) is 5.43. The minimum absolute atomic E-state index is 0.143. The Morgan fingerprint density at radius 3 is 2.55 bits per heavy atom. The highest BCUT2D eigenvalue weighted by molar-refractivity contribution is 6.07. The van der Waals surface area contributed by atoms with Crippen LogP contribution in [0, 0.1) is 5.92 Å². The number of benzene rings is 2. The van der Waals surface area contributed by atoms with Gasteiger partial charge in [-0.05, 0) is 30.7 Å². The zero-order valence-electron chi connectivity index (χ0n) is 16.2. The smallest absolute Gasteiger partial charge is 0.351 e. The molecule has 3 aromatic rings. The molecule has 1 N–H and O–H groups in total. The van der Waals surface area contributed by atoms with Crippen LogP contribution in [0.3, 0.4) is 0 Å². The molecule has 0 spiro atoms. The van der Waals surface area contributed by atoms with Gasteiger partial charge in [0.25, 0.3) is 5.91 Å². The number of amides is 1. The van der Waals surface area contributed by atoms with E-state index in [0.29, 0.717) is 22.9 Å². The Balaban J connectivity index is 1.78. The summed E-state index contributed by atoms with van der Waals surface area (Å²) in [7, 11) is 0. The van der Waals surface area contributed by atoms with Crippen LogP contribution >= 0.6 is 0 Å². The lowest BCUT2D eigenvalue weighted by Gasteiger charge is -2.20. The van der Waals surface area contributed by atoms with Gasteiger partial charge in [0.05, 0.1) is 11.6 Å². The van der Waals surface area contributed by atoms with Crippen LogP contribution in [0.1, 0.15) is 36.9 Å². The second-order valence-electron chi connectivity index (χ2n) is 7.23. The molecule has 1 aromatic heterocycles. The molecule has 6 nitrogen and oxygen atoms in total. The summed E-state index contributed by atoms with van der Waals surface area (Å²) in [5, 5.41) is 3.24. The summed E-state index contributed by atoms with van der Waals surface area (Å²) in [6, 6.07) is 15.6. The number of anilines is 1. The molecule has 1 fully saturated rings. The molecule has 2 heterocycles. The van der Waals surface area contributed by atoms with Crippen LogP contribution in [0.2, 0.25) is 0 Å². The van der Waals surface area contributed by atoms with E-state index in [2.05, 4.69) is 10.3 Å². The highest BCUT2D eigenvalue weighted by atomic mass is 19.1. The highest BCUT2D eigenvalue weighted by Gasteiger charge is 2.43. The third-order valence-electron chi connectivity index (χ3n) is 5.43. The Morgan fingerprint density at radius 2 is 1.86 bits per heavy atom. The van der Waals surface area contributed by atoms with Crippen LogP contribution in [0.4, 0.5) is 10.2 Å². The lowest BCUT2D eigenvalue weighted by molar-refractivity contribution is -0.0207. The normalized spacial score (nSPS) is 24.0. The molecular formula is C22H22FN3O3. The maximum Gasteiger partial charge on any atom is 0.352 e. The topological polar surface area (TPSA) is 73.2 Å². The molecule has 0 aliphatic carbocycles. The highest BCUT2D eigenvalue weighted by Crippen LogP contribution is 2.38. The molecular weight excluding hydrogens is 373 g/mol. The predicted octanol–water partition coefficient (Wildman–Crippen LogP) is 3.93. The van der Waals surface area contributed by atoms with Gasteiger partial charge in [0.2, 0.25) is 0 Å². The van der Waals surface area contributed by atoms with Crippen LogP contribution in [0.5, 0.6) is 0 Å². The SMILES string of the molecule is CC[C@H]1O[C@@H](n2c(=O)nc(NC(=O)c3ccccc3)c3ccccc32)[C@H](F)[C@@H]1C. The van der Waals surface area contributed by atoms with E-state index in [0.717, 1.165) is 0 Å². The second-order valence-corrected chi connectivity index (χ2v) is 7.23. The average Bonchev–Trinajstić information content (AvgIpc) is 3.02. The standard InChI is InChI=1S/C22H22FN3O3/c1-3-17-13(2)18(23)21(29-17)26-16-12-8-7-11-15(16)19(25-22(26)28)24-20(27)14-9-5-4-6-10-14/h4-13,17-18,21H,3H2,1-2H3,(H,24,25,27,28)/t13-,17-,18-,21-/m1/s1. The number of hydrogen-bond acceptors (Lipinski definition) is 4. The van der Waals surface area contributed by atoms with Crippen molar-refractivity contribution >= 4 is 22.6 Å². The van der Waals surface area contributed by atoms with E-state index < -0.39 is 18.1 Å². The van der Waals surface area contributed by atoms with Crippen molar-refractivity contribution in [3.05, 3.63) is 70.6 Å². The number of para-hydroxylation sites is 1. The molecule has 150 valence electrons. The molecule has 4 rings (SSSR count). The minimum atomic E-state index is -1.33. The molecule has 1 amide bonds. The zero-order valence-corrected chi connectivity index (χ0v) is 16.2. The number of fused-ring (bicyclic) bond motifs is 1. The van der Waals surface area contributed by atoms with Crippen molar-refractivity contribution in [1.82, 2.24) is 9.55 Å². The van der Waals surface area contributed by atoms with Gasteiger partial charge in [0, 0.05) is 16.9 Å². The fraction of sp³-hybridized carbons (Fsp3) is 0.318. The van der Waals surface area contributed by atoms with E-state index in [1.54, 1.807) is 55.5 Å². The molecule has 1 aliphatic rings. The largest absolute Gasteiger partial charge is 0.352 e. The summed E-state index contributed by atoms with van der Waals surface area (Å²) < 4.78 is 22.1. The van der Waals surface area contributed by atoms with Crippen molar-refractivity contribution in [2.24, 2.45) is 5.92 Å². The number of carbonyl (C=O) groups is 1. The van der Waals surface area contributed by atoms with Crippen molar-refractivity contribution in [2.75, 3.05) is 5.32 Å². The molecule has 0 bridgehead atoms. The van der Waals surface area contributed by atoms with E-state index in [9.17, 15) is 14.0 Å². The average molecular weight is 395 g/mol. The number of ether oxygens (including phenoxy) is 1.